The summed E-state index contributed by atoms with van der Waals surface area (Å²) in [4.78, 5) is 11.2. The fraction of sp³-hybridized carbons (Fsp3) is 0.615. The molecule has 2 unspecified atom stereocenters. The van der Waals surface area contributed by atoms with Crippen LogP contribution in [-0.2, 0) is 16.0 Å². The van der Waals surface area contributed by atoms with Gasteiger partial charge >= 0.3 is 5.97 Å². The molecular weight excluding hydrogens is 234 g/mol. The Kier molecular flexibility index (Phi) is 4.38. The molecule has 1 aromatic rings. The van der Waals surface area contributed by atoms with Gasteiger partial charge in [0.05, 0.1) is 25.3 Å². The van der Waals surface area contributed by atoms with Crippen molar-refractivity contribution in [3.05, 3.63) is 23.7 Å². The van der Waals surface area contributed by atoms with E-state index >= 15 is 0 Å². The molecule has 1 aromatic heterocycles. The maximum Gasteiger partial charge on any atom is 0.341 e. The lowest BCUT2D eigenvalue weighted by molar-refractivity contribution is 0.0600. The van der Waals surface area contributed by atoms with E-state index < -0.39 is 0 Å². The van der Waals surface area contributed by atoms with E-state index in [-0.39, 0.29) is 5.97 Å². The molecule has 2 heterocycles. The second kappa shape index (κ2) is 6.02. The zero-order valence-electron chi connectivity index (χ0n) is 10.8. The Balaban J connectivity index is 1.76. The first kappa shape index (κ1) is 13.1. The van der Waals surface area contributed by atoms with Gasteiger partial charge in [-0.1, -0.05) is 0 Å². The fourth-order valence-corrected chi connectivity index (χ4v) is 2.12. The highest BCUT2D eigenvalue weighted by Crippen LogP contribution is 2.19. The van der Waals surface area contributed by atoms with Crippen LogP contribution in [0, 0.1) is 5.92 Å². The number of nitrogens with one attached hydrogen (secondary N) is 1. The molecule has 0 bridgehead atoms. The second-order valence-electron chi connectivity index (χ2n) is 4.55. The SMILES string of the molecule is COC(=O)c1coc(CNCC2CCOC2C)c1. The molecule has 1 aliphatic heterocycles. The van der Waals surface area contributed by atoms with Crippen LogP contribution in [0.4, 0.5) is 0 Å². The molecule has 1 N–H and O–H groups in total. The maximum absolute atomic E-state index is 11.2. The molecule has 2 atom stereocenters. The molecule has 2 rings (SSSR count). The number of methoxy groups -OCH3 is 1. The Labute approximate surface area is 106 Å². The number of carbonyl (C=O) groups is 1. The topological polar surface area (TPSA) is 60.7 Å². The molecule has 5 nitrogen and oxygen atoms in total. The minimum absolute atomic E-state index is 0.319. The molecule has 0 amide bonds. The van der Waals surface area contributed by atoms with Crippen molar-refractivity contribution in [2.45, 2.75) is 26.0 Å². The number of esters is 1. The molecule has 100 valence electrons. The highest BCUT2D eigenvalue weighted by atomic mass is 16.5. The first-order chi connectivity index (χ1) is 8.70. The third-order valence-corrected chi connectivity index (χ3v) is 3.31. The Morgan fingerprint density at radius 3 is 3.11 bits per heavy atom. The quantitative estimate of drug-likeness (QED) is 0.807. The fourth-order valence-electron chi connectivity index (χ4n) is 2.12. The first-order valence-electron chi connectivity index (χ1n) is 6.18. The summed E-state index contributed by atoms with van der Waals surface area (Å²) in [5, 5.41) is 3.32. The van der Waals surface area contributed by atoms with Crippen LogP contribution in [0.2, 0.25) is 0 Å². The van der Waals surface area contributed by atoms with Crippen LogP contribution in [-0.4, -0.2) is 32.3 Å². The molecule has 1 fully saturated rings. The normalized spacial score (nSPS) is 23.2. The summed E-state index contributed by atoms with van der Waals surface area (Å²) in [7, 11) is 1.36. The van der Waals surface area contributed by atoms with Gasteiger partial charge in [-0.25, -0.2) is 4.79 Å². The van der Waals surface area contributed by atoms with Crippen LogP contribution in [0.25, 0.3) is 0 Å². The summed E-state index contributed by atoms with van der Waals surface area (Å²) < 4.78 is 15.4. The van der Waals surface area contributed by atoms with E-state index in [0.29, 0.717) is 24.1 Å². The van der Waals surface area contributed by atoms with Crippen molar-refractivity contribution in [2.24, 2.45) is 5.92 Å². The average molecular weight is 253 g/mol. The van der Waals surface area contributed by atoms with Crippen molar-refractivity contribution >= 4 is 5.97 Å². The van der Waals surface area contributed by atoms with Gasteiger partial charge in [-0.3, -0.25) is 0 Å². The first-order valence-corrected chi connectivity index (χ1v) is 6.18. The Bertz CT molecular complexity index is 401. The Morgan fingerprint density at radius 1 is 1.61 bits per heavy atom. The van der Waals surface area contributed by atoms with E-state index in [9.17, 15) is 4.79 Å². The van der Waals surface area contributed by atoms with Gasteiger partial charge in [-0.2, -0.15) is 0 Å². The number of furan rings is 1. The van der Waals surface area contributed by atoms with Gasteiger partial charge in [0, 0.05) is 13.2 Å². The van der Waals surface area contributed by atoms with E-state index in [4.69, 9.17) is 9.15 Å². The lowest BCUT2D eigenvalue weighted by Crippen LogP contribution is -2.26. The standard InChI is InChI=1S/C13H19NO4/c1-9-10(3-4-17-9)6-14-7-12-5-11(8-18-12)13(15)16-2/h5,8-10,14H,3-4,6-7H2,1-2H3. The summed E-state index contributed by atoms with van der Waals surface area (Å²) in [5.74, 6) is 0.921. The van der Waals surface area contributed by atoms with Gasteiger partial charge in [-0.05, 0) is 25.3 Å². The predicted molar refractivity (Wildman–Crippen MR) is 65.3 cm³/mol. The van der Waals surface area contributed by atoms with Gasteiger partial charge in [0.25, 0.3) is 0 Å². The lowest BCUT2D eigenvalue weighted by Gasteiger charge is -2.13. The predicted octanol–water partition coefficient (Wildman–Crippen LogP) is 1.58. The molecule has 1 aliphatic rings. The summed E-state index contributed by atoms with van der Waals surface area (Å²) in [5.41, 5.74) is 0.451. The minimum Gasteiger partial charge on any atom is -0.467 e. The molecule has 18 heavy (non-hydrogen) atoms. The van der Waals surface area contributed by atoms with Crippen LogP contribution in [0.15, 0.2) is 16.7 Å². The summed E-state index contributed by atoms with van der Waals surface area (Å²) in [6.07, 6.45) is 2.84. The molecule has 1 saturated heterocycles. The largest absolute Gasteiger partial charge is 0.467 e. The van der Waals surface area contributed by atoms with Crippen LogP contribution in [0.1, 0.15) is 29.5 Å². The molecule has 0 spiro atoms. The number of ether oxygens (including phenoxy) is 2. The van der Waals surface area contributed by atoms with Crippen LogP contribution < -0.4 is 5.32 Å². The van der Waals surface area contributed by atoms with E-state index in [0.717, 1.165) is 25.3 Å². The molecule has 0 aliphatic carbocycles. The number of hydrogen-bond acceptors (Lipinski definition) is 5. The highest BCUT2D eigenvalue weighted by Gasteiger charge is 2.23. The van der Waals surface area contributed by atoms with Gasteiger partial charge in [0.15, 0.2) is 0 Å². The third-order valence-electron chi connectivity index (χ3n) is 3.31. The van der Waals surface area contributed by atoms with Crippen LogP contribution >= 0.6 is 0 Å². The number of carbonyl (C=O) groups excluding carboxylic acids is 1. The number of rotatable bonds is 5. The smallest absolute Gasteiger partial charge is 0.341 e. The zero-order valence-corrected chi connectivity index (χ0v) is 10.8. The monoisotopic (exact) mass is 253 g/mol. The summed E-state index contributed by atoms with van der Waals surface area (Å²) in [6.45, 7) is 4.46. The molecule has 0 radical (unpaired) electrons. The van der Waals surface area contributed by atoms with E-state index in [2.05, 4.69) is 17.0 Å². The van der Waals surface area contributed by atoms with Gasteiger partial charge in [0.1, 0.15) is 12.0 Å². The highest BCUT2D eigenvalue weighted by molar-refractivity contribution is 5.88. The molecular formula is C13H19NO4. The Morgan fingerprint density at radius 2 is 2.44 bits per heavy atom. The van der Waals surface area contributed by atoms with Crippen molar-refractivity contribution in [3.8, 4) is 0 Å². The average Bonchev–Trinajstić information content (AvgIpc) is 2.99. The molecule has 0 saturated carbocycles. The van der Waals surface area contributed by atoms with Crippen molar-refractivity contribution in [3.63, 3.8) is 0 Å². The van der Waals surface area contributed by atoms with E-state index in [1.165, 1.54) is 13.4 Å². The van der Waals surface area contributed by atoms with E-state index in [1.54, 1.807) is 6.07 Å². The number of hydrogen-bond donors (Lipinski definition) is 1. The van der Waals surface area contributed by atoms with Gasteiger partial charge < -0.3 is 19.2 Å². The minimum atomic E-state index is -0.372. The van der Waals surface area contributed by atoms with Crippen molar-refractivity contribution in [2.75, 3.05) is 20.3 Å². The van der Waals surface area contributed by atoms with Crippen LogP contribution in [0.5, 0.6) is 0 Å². The summed E-state index contributed by atoms with van der Waals surface area (Å²) >= 11 is 0. The van der Waals surface area contributed by atoms with Crippen molar-refractivity contribution in [1.29, 1.82) is 0 Å². The van der Waals surface area contributed by atoms with E-state index in [1.807, 2.05) is 0 Å². The third kappa shape index (κ3) is 3.11. The maximum atomic E-state index is 11.2. The van der Waals surface area contributed by atoms with Crippen LogP contribution in [0.3, 0.4) is 0 Å². The van der Waals surface area contributed by atoms with Gasteiger partial charge in [0.2, 0.25) is 0 Å². The molecule has 5 heteroatoms. The zero-order chi connectivity index (χ0) is 13.0. The van der Waals surface area contributed by atoms with Crippen molar-refractivity contribution in [1.82, 2.24) is 5.32 Å². The lowest BCUT2D eigenvalue weighted by atomic mass is 10.0. The summed E-state index contributed by atoms with van der Waals surface area (Å²) in [6, 6.07) is 1.70. The van der Waals surface area contributed by atoms with Crippen molar-refractivity contribution < 1.29 is 18.7 Å². The van der Waals surface area contributed by atoms with Gasteiger partial charge in [-0.15, -0.1) is 0 Å². The second-order valence-corrected chi connectivity index (χ2v) is 4.55. The Hall–Kier alpha value is -1.33. The molecule has 0 aromatic carbocycles.